The third-order valence-corrected chi connectivity index (χ3v) is 5.04. The molecule has 2 aromatic carbocycles. The van der Waals surface area contributed by atoms with E-state index in [2.05, 4.69) is 10.2 Å². The fourth-order valence-corrected chi connectivity index (χ4v) is 3.30. The number of anilines is 2. The molecule has 1 saturated heterocycles. The standard InChI is InChI=1S/C20H23F2N3O2/c1-14(20(26)23-19-13-15(21)3-8-18(19)22)24-9-11-25(12-10-24)16-4-6-17(27-2)7-5-16/h3-8,13-14H,9-12H2,1-2H3,(H,23,26)/p+1/t14-/m0/s1. The third kappa shape index (κ3) is 4.54. The normalized spacial score (nSPS) is 16.1. The van der Waals surface area contributed by atoms with E-state index < -0.39 is 11.6 Å². The second kappa shape index (κ2) is 8.35. The van der Waals surface area contributed by atoms with Crippen LogP contribution in [0.2, 0.25) is 0 Å². The molecule has 0 radical (unpaired) electrons. The first-order valence-electron chi connectivity index (χ1n) is 8.97. The Balaban J connectivity index is 1.56. The van der Waals surface area contributed by atoms with Crippen LogP contribution in [0, 0.1) is 11.6 Å². The highest BCUT2D eigenvalue weighted by atomic mass is 19.1. The van der Waals surface area contributed by atoms with Crippen LogP contribution in [0.25, 0.3) is 0 Å². The van der Waals surface area contributed by atoms with Crippen LogP contribution in [0.3, 0.4) is 0 Å². The van der Waals surface area contributed by atoms with Gasteiger partial charge in [0.05, 0.1) is 39.0 Å². The number of rotatable bonds is 5. The van der Waals surface area contributed by atoms with Crippen molar-refractivity contribution in [2.24, 2.45) is 0 Å². The summed E-state index contributed by atoms with van der Waals surface area (Å²) >= 11 is 0. The molecule has 0 saturated carbocycles. The number of methoxy groups -OCH3 is 1. The number of carbonyl (C=O) groups is 1. The summed E-state index contributed by atoms with van der Waals surface area (Å²) in [5.74, 6) is -0.721. The molecule has 0 bridgehead atoms. The van der Waals surface area contributed by atoms with E-state index in [9.17, 15) is 13.6 Å². The molecule has 1 heterocycles. The van der Waals surface area contributed by atoms with Gasteiger partial charge in [0.15, 0.2) is 6.04 Å². The van der Waals surface area contributed by atoms with E-state index in [0.717, 1.165) is 60.7 Å². The van der Waals surface area contributed by atoms with Crippen molar-refractivity contribution in [3.8, 4) is 5.75 Å². The maximum Gasteiger partial charge on any atom is 0.282 e. The summed E-state index contributed by atoms with van der Waals surface area (Å²) in [5, 5.41) is 2.50. The van der Waals surface area contributed by atoms with Crippen LogP contribution >= 0.6 is 0 Å². The molecule has 0 unspecified atom stereocenters. The molecule has 0 aromatic heterocycles. The summed E-state index contributed by atoms with van der Waals surface area (Å²) in [6, 6.07) is 10.6. The van der Waals surface area contributed by atoms with E-state index in [1.165, 1.54) is 0 Å². The Morgan fingerprint density at radius 3 is 2.44 bits per heavy atom. The topological polar surface area (TPSA) is 46.0 Å². The van der Waals surface area contributed by atoms with Gasteiger partial charge in [0.25, 0.3) is 5.91 Å². The molecule has 1 aliphatic rings. The van der Waals surface area contributed by atoms with Crippen molar-refractivity contribution in [2.45, 2.75) is 13.0 Å². The zero-order valence-electron chi connectivity index (χ0n) is 15.5. The minimum absolute atomic E-state index is 0.122. The fraction of sp³-hybridized carbons (Fsp3) is 0.350. The van der Waals surface area contributed by atoms with Crippen molar-refractivity contribution in [3.05, 3.63) is 54.1 Å². The van der Waals surface area contributed by atoms with Crippen LogP contribution in [0.5, 0.6) is 5.75 Å². The summed E-state index contributed by atoms with van der Waals surface area (Å²) in [6.45, 7) is 5.00. The number of hydrogen-bond donors (Lipinski definition) is 2. The number of nitrogens with zero attached hydrogens (tertiary/aromatic N) is 1. The molecule has 3 rings (SSSR count). The van der Waals surface area contributed by atoms with Crippen LogP contribution in [0.4, 0.5) is 20.2 Å². The first-order valence-corrected chi connectivity index (χ1v) is 8.97. The van der Waals surface area contributed by atoms with Gasteiger partial charge in [-0.2, -0.15) is 0 Å². The average molecular weight is 376 g/mol. The zero-order chi connectivity index (χ0) is 19.4. The smallest absolute Gasteiger partial charge is 0.282 e. The molecule has 0 spiro atoms. The van der Waals surface area contributed by atoms with Crippen molar-refractivity contribution in [1.29, 1.82) is 0 Å². The van der Waals surface area contributed by atoms with E-state index in [0.29, 0.717) is 0 Å². The quantitative estimate of drug-likeness (QED) is 0.835. The Kier molecular flexibility index (Phi) is 5.91. The molecule has 1 atom stereocenters. The predicted molar refractivity (Wildman–Crippen MR) is 100 cm³/mol. The highest BCUT2D eigenvalue weighted by Crippen LogP contribution is 2.19. The summed E-state index contributed by atoms with van der Waals surface area (Å²) in [7, 11) is 1.64. The van der Waals surface area contributed by atoms with Crippen molar-refractivity contribution >= 4 is 17.3 Å². The number of benzene rings is 2. The Morgan fingerprint density at radius 2 is 1.81 bits per heavy atom. The molecule has 144 valence electrons. The van der Waals surface area contributed by atoms with Crippen molar-refractivity contribution < 1.29 is 23.2 Å². The lowest BCUT2D eigenvalue weighted by Gasteiger charge is -2.36. The lowest BCUT2D eigenvalue weighted by molar-refractivity contribution is -0.914. The van der Waals surface area contributed by atoms with Crippen LogP contribution < -0.4 is 19.9 Å². The molecule has 2 aromatic rings. The molecule has 2 N–H and O–H groups in total. The summed E-state index contributed by atoms with van der Waals surface area (Å²) < 4.78 is 32.2. The van der Waals surface area contributed by atoms with Crippen molar-refractivity contribution in [1.82, 2.24) is 0 Å². The molecule has 1 aliphatic heterocycles. The largest absolute Gasteiger partial charge is 0.497 e. The molecule has 5 nitrogen and oxygen atoms in total. The Labute approximate surface area is 157 Å². The first kappa shape index (κ1) is 19.1. The third-order valence-electron chi connectivity index (χ3n) is 5.04. The maximum absolute atomic E-state index is 13.7. The molecular formula is C20H24F2N3O2+. The van der Waals surface area contributed by atoms with Gasteiger partial charge in [0.2, 0.25) is 0 Å². The average Bonchev–Trinajstić information content (AvgIpc) is 2.70. The second-order valence-corrected chi connectivity index (χ2v) is 6.68. The van der Waals surface area contributed by atoms with E-state index in [4.69, 9.17) is 4.74 Å². The summed E-state index contributed by atoms with van der Waals surface area (Å²) in [4.78, 5) is 15.8. The number of piperazine rings is 1. The molecule has 7 heteroatoms. The van der Waals surface area contributed by atoms with Gasteiger partial charge < -0.3 is 19.9 Å². The number of hydrogen-bond acceptors (Lipinski definition) is 3. The number of carbonyl (C=O) groups excluding carboxylic acids is 1. The summed E-state index contributed by atoms with van der Waals surface area (Å²) in [5.41, 5.74) is 0.997. The predicted octanol–water partition coefficient (Wildman–Crippen LogP) is 1.71. The van der Waals surface area contributed by atoms with Gasteiger partial charge in [-0.05, 0) is 43.3 Å². The number of quaternary nitrogens is 1. The van der Waals surface area contributed by atoms with Gasteiger partial charge in [-0.1, -0.05) is 0 Å². The monoisotopic (exact) mass is 376 g/mol. The highest BCUT2D eigenvalue weighted by Gasteiger charge is 2.29. The number of halogens is 2. The zero-order valence-corrected chi connectivity index (χ0v) is 15.5. The van der Waals surface area contributed by atoms with Gasteiger partial charge in [0, 0.05) is 11.8 Å². The van der Waals surface area contributed by atoms with Crippen LogP contribution in [-0.4, -0.2) is 45.2 Å². The Bertz CT molecular complexity index is 790. The minimum Gasteiger partial charge on any atom is -0.497 e. The molecule has 27 heavy (non-hydrogen) atoms. The number of amides is 1. The SMILES string of the molecule is COc1ccc(N2CC[NH+]([C@@H](C)C(=O)Nc3cc(F)ccc3F)CC2)cc1. The molecule has 1 fully saturated rings. The van der Waals surface area contributed by atoms with Gasteiger partial charge in [0.1, 0.15) is 17.4 Å². The lowest BCUT2D eigenvalue weighted by atomic mass is 10.2. The van der Waals surface area contributed by atoms with Crippen LogP contribution in [0.15, 0.2) is 42.5 Å². The van der Waals surface area contributed by atoms with Crippen LogP contribution in [0.1, 0.15) is 6.92 Å². The van der Waals surface area contributed by atoms with E-state index >= 15 is 0 Å². The highest BCUT2D eigenvalue weighted by molar-refractivity contribution is 5.93. The Morgan fingerprint density at radius 1 is 1.15 bits per heavy atom. The molecule has 1 amide bonds. The van der Waals surface area contributed by atoms with Gasteiger partial charge >= 0.3 is 0 Å². The van der Waals surface area contributed by atoms with Gasteiger partial charge in [-0.3, -0.25) is 4.79 Å². The van der Waals surface area contributed by atoms with Gasteiger partial charge in [-0.15, -0.1) is 0 Å². The van der Waals surface area contributed by atoms with Crippen molar-refractivity contribution in [3.63, 3.8) is 0 Å². The number of nitrogens with one attached hydrogen (secondary N) is 2. The van der Waals surface area contributed by atoms with E-state index in [1.54, 1.807) is 7.11 Å². The fourth-order valence-electron chi connectivity index (χ4n) is 3.30. The van der Waals surface area contributed by atoms with E-state index in [-0.39, 0.29) is 17.6 Å². The first-order chi connectivity index (χ1) is 13.0. The number of ether oxygens (including phenoxy) is 1. The minimum atomic E-state index is -0.642. The van der Waals surface area contributed by atoms with Crippen LogP contribution in [-0.2, 0) is 4.79 Å². The maximum atomic E-state index is 13.7. The molecular weight excluding hydrogens is 352 g/mol. The lowest BCUT2D eigenvalue weighted by Crippen LogP contribution is -3.19. The van der Waals surface area contributed by atoms with E-state index in [1.807, 2.05) is 31.2 Å². The second-order valence-electron chi connectivity index (χ2n) is 6.68. The Hall–Kier alpha value is -2.67. The van der Waals surface area contributed by atoms with Crippen molar-refractivity contribution in [2.75, 3.05) is 43.5 Å². The van der Waals surface area contributed by atoms with Gasteiger partial charge in [-0.25, -0.2) is 8.78 Å². The molecule has 0 aliphatic carbocycles. The summed E-state index contributed by atoms with van der Waals surface area (Å²) in [6.07, 6.45) is 0.